The fourth-order valence-corrected chi connectivity index (χ4v) is 3.27. The molecule has 1 aromatic carbocycles. The van der Waals surface area contributed by atoms with E-state index in [0.29, 0.717) is 16.7 Å². The predicted octanol–water partition coefficient (Wildman–Crippen LogP) is 3.80. The summed E-state index contributed by atoms with van der Waals surface area (Å²) in [5.74, 6) is 0. The smallest absolute Gasteiger partial charge is 0.321 e. The second-order valence-corrected chi connectivity index (χ2v) is 6.36. The van der Waals surface area contributed by atoms with Crippen molar-refractivity contribution in [3.8, 4) is 0 Å². The molecule has 0 spiro atoms. The van der Waals surface area contributed by atoms with Crippen LogP contribution in [0.3, 0.4) is 0 Å². The lowest BCUT2D eigenvalue weighted by molar-refractivity contribution is 0.250. The van der Waals surface area contributed by atoms with Crippen molar-refractivity contribution < 1.29 is 4.79 Å². The van der Waals surface area contributed by atoms with Crippen LogP contribution >= 0.6 is 22.9 Å². The Bertz CT molecular complexity index is 627. The third-order valence-corrected chi connectivity index (χ3v) is 4.57. The summed E-state index contributed by atoms with van der Waals surface area (Å²) in [6, 6.07) is 5.27. The lowest BCUT2D eigenvalue weighted by Crippen LogP contribution is -2.32. The Kier molecular flexibility index (Phi) is 6.42. The molecule has 0 saturated carbocycles. The molecule has 120 valence electrons. The van der Waals surface area contributed by atoms with Crippen LogP contribution in [-0.4, -0.2) is 42.1 Å². The highest BCUT2D eigenvalue weighted by molar-refractivity contribution is 7.22. The van der Waals surface area contributed by atoms with Gasteiger partial charge in [-0.25, -0.2) is 9.78 Å². The number of amides is 2. The molecular weight excluding hydrogens is 320 g/mol. The molecule has 0 aliphatic rings. The zero-order valence-corrected chi connectivity index (χ0v) is 14.4. The fraction of sp³-hybridized carbons (Fsp3) is 0.467. The Morgan fingerprint density at radius 2 is 2.14 bits per heavy atom. The first-order valence-electron chi connectivity index (χ1n) is 7.45. The van der Waals surface area contributed by atoms with E-state index in [2.05, 4.69) is 34.4 Å². The minimum atomic E-state index is -0.218. The topological polar surface area (TPSA) is 57.3 Å². The number of nitrogens with zero attached hydrogens (tertiary/aromatic N) is 2. The van der Waals surface area contributed by atoms with Gasteiger partial charge in [0.1, 0.15) is 0 Å². The van der Waals surface area contributed by atoms with Gasteiger partial charge in [-0.05, 0) is 44.3 Å². The molecule has 5 nitrogen and oxygen atoms in total. The van der Waals surface area contributed by atoms with Crippen molar-refractivity contribution in [2.24, 2.45) is 0 Å². The first-order chi connectivity index (χ1) is 10.6. The third-order valence-electron chi connectivity index (χ3n) is 3.40. The van der Waals surface area contributed by atoms with E-state index in [-0.39, 0.29) is 6.03 Å². The number of rotatable bonds is 7. The van der Waals surface area contributed by atoms with Gasteiger partial charge >= 0.3 is 6.03 Å². The molecule has 2 rings (SSSR count). The molecule has 0 fully saturated rings. The zero-order chi connectivity index (χ0) is 15.9. The highest BCUT2D eigenvalue weighted by atomic mass is 35.5. The van der Waals surface area contributed by atoms with Gasteiger partial charge in [0, 0.05) is 11.6 Å². The van der Waals surface area contributed by atoms with Gasteiger partial charge in [0.15, 0.2) is 5.13 Å². The molecule has 7 heteroatoms. The van der Waals surface area contributed by atoms with Crippen LogP contribution in [0.5, 0.6) is 0 Å². The van der Waals surface area contributed by atoms with E-state index in [9.17, 15) is 4.79 Å². The van der Waals surface area contributed by atoms with Gasteiger partial charge in [0.2, 0.25) is 0 Å². The first kappa shape index (κ1) is 17.0. The van der Waals surface area contributed by atoms with Gasteiger partial charge in [-0.15, -0.1) is 0 Å². The van der Waals surface area contributed by atoms with Crippen LogP contribution in [0.25, 0.3) is 10.2 Å². The zero-order valence-electron chi connectivity index (χ0n) is 12.9. The molecule has 0 aliphatic carbocycles. The molecule has 0 saturated heterocycles. The van der Waals surface area contributed by atoms with Gasteiger partial charge in [0.05, 0.1) is 10.2 Å². The molecule has 2 aromatic rings. The number of fused-ring (bicyclic) bond motifs is 1. The molecule has 0 unspecified atom stereocenters. The molecule has 0 bridgehead atoms. The number of aromatic nitrogens is 1. The summed E-state index contributed by atoms with van der Waals surface area (Å²) in [6.07, 6.45) is 0.935. The Balaban J connectivity index is 1.78. The largest absolute Gasteiger partial charge is 0.338 e. The maximum absolute atomic E-state index is 11.8. The van der Waals surface area contributed by atoms with Gasteiger partial charge in [-0.3, -0.25) is 5.32 Å². The minimum Gasteiger partial charge on any atom is -0.338 e. The summed E-state index contributed by atoms with van der Waals surface area (Å²) in [5.41, 5.74) is 0.839. The summed E-state index contributed by atoms with van der Waals surface area (Å²) in [4.78, 5) is 18.5. The molecule has 1 heterocycles. The van der Waals surface area contributed by atoms with Crippen molar-refractivity contribution >= 4 is 44.3 Å². The normalized spacial score (nSPS) is 11.1. The highest BCUT2D eigenvalue weighted by Gasteiger charge is 2.08. The number of hydrogen-bond donors (Lipinski definition) is 2. The fourth-order valence-electron chi connectivity index (χ4n) is 2.14. The molecule has 0 aliphatic heterocycles. The van der Waals surface area contributed by atoms with Crippen LogP contribution in [0, 0.1) is 0 Å². The van der Waals surface area contributed by atoms with Gasteiger partial charge in [-0.2, -0.15) is 0 Å². The third kappa shape index (κ3) is 4.83. The van der Waals surface area contributed by atoms with Crippen molar-refractivity contribution in [1.82, 2.24) is 15.2 Å². The Morgan fingerprint density at radius 1 is 1.36 bits per heavy atom. The molecule has 22 heavy (non-hydrogen) atoms. The second kappa shape index (κ2) is 8.31. The van der Waals surface area contributed by atoms with Crippen LogP contribution < -0.4 is 10.6 Å². The number of anilines is 1. The Labute approximate surface area is 139 Å². The van der Waals surface area contributed by atoms with E-state index in [1.165, 1.54) is 11.3 Å². The average Bonchev–Trinajstić information content (AvgIpc) is 2.88. The summed E-state index contributed by atoms with van der Waals surface area (Å²) >= 11 is 7.36. The SMILES string of the molecule is CCN(CC)CCCNC(=O)Nc1nc2ccc(Cl)cc2s1. The van der Waals surface area contributed by atoms with Gasteiger partial charge in [0.25, 0.3) is 0 Å². The minimum absolute atomic E-state index is 0.218. The summed E-state index contributed by atoms with van der Waals surface area (Å²) in [5, 5.41) is 6.87. The van der Waals surface area contributed by atoms with E-state index in [4.69, 9.17) is 11.6 Å². The number of thiazole rings is 1. The van der Waals surface area contributed by atoms with Crippen molar-refractivity contribution in [1.29, 1.82) is 0 Å². The lowest BCUT2D eigenvalue weighted by Gasteiger charge is -2.17. The number of halogens is 1. The quantitative estimate of drug-likeness (QED) is 0.754. The predicted molar refractivity (Wildman–Crippen MR) is 94.1 cm³/mol. The van der Waals surface area contributed by atoms with Crippen LogP contribution in [0.4, 0.5) is 9.93 Å². The molecule has 2 amide bonds. The van der Waals surface area contributed by atoms with E-state index < -0.39 is 0 Å². The molecule has 2 N–H and O–H groups in total. The molecular formula is C15H21ClN4OS. The Hall–Kier alpha value is -1.37. The van der Waals surface area contributed by atoms with Crippen LogP contribution in [0.2, 0.25) is 5.02 Å². The van der Waals surface area contributed by atoms with Crippen LogP contribution in [0.1, 0.15) is 20.3 Å². The number of nitrogens with one attached hydrogen (secondary N) is 2. The monoisotopic (exact) mass is 340 g/mol. The second-order valence-electron chi connectivity index (χ2n) is 4.89. The number of carbonyl (C=O) groups is 1. The van der Waals surface area contributed by atoms with E-state index in [1.807, 2.05) is 12.1 Å². The molecule has 0 radical (unpaired) electrons. The number of hydrogen-bond acceptors (Lipinski definition) is 4. The van der Waals surface area contributed by atoms with Crippen LogP contribution in [-0.2, 0) is 0 Å². The maximum Gasteiger partial charge on any atom is 0.321 e. The van der Waals surface area contributed by atoms with Crippen molar-refractivity contribution in [3.63, 3.8) is 0 Å². The van der Waals surface area contributed by atoms with E-state index >= 15 is 0 Å². The molecule has 0 atom stereocenters. The number of benzene rings is 1. The van der Waals surface area contributed by atoms with Crippen molar-refractivity contribution in [2.45, 2.75) is 20.3 Å². The summed E-state index contributed by atoms with van der Waals surface area (Å²) in [6.45, 7) is 8.01. The summed E-state index contributed by atoms with van der Waals surface area (Å²) < 4.78 is 0.962. The van der Waals surface area contributed by atoms with E-state index in [1.54, 1.807) is 6.07 Å². The lowest BCUT2D eigenvalue weighted by atomic mass is 10.3. The maximum atomic E-state index is 11.8. The Morgan fingerprint density at radius 3 is 2.86 bits per heavy atom. The van der Waals surface area contributed by atoms with Gasteiger partial charge < -0.3 is 10.2 Å². The highest BCUT2D eigenvalue weighted by Crippen LogP contribution is 2.28. The summed E-state index contributed by atoms with van der Waals surface area (Å²) in [7, 11) is 0. The van der Waals surface area contributed by atoms with E-state index in [0.717, 1.165) is 36.3 Å². The first-order valence-corrected chi connectivity index (χ1v) is 8.65. The van der Waals surface area contributed by atoms with Gasteiger partial charge in [-0.1, -0.05) is 36.8 Å². The van der Waals surface area contributed by atoms with Crippen molar-refractivity contribution in [3.05, 3.63) is 23.2 Å². The molecule has 1 aromatic heterocycles. The number of carbonyl (C=O) groups excluding carboxylic acids is 1. The standard InChI is InChI=1S/C15H21ClN4OS/c1-3-20(4-2)9-5-8-17-14(21)19-15-18-12-7-6-11(16)10-13(12)22-15/h6-7,10H,3-5,8-9H2,1-2H3,(H2,17,18,19,21). The van der Waals surface area contributed by atoms with Crippen LogP contribution in [0.15, 0.2) is 18.2 Å². The average molecular weight is 341 g/mol. The number of urea groups is 1. The van der Waals surface area contributed by atoms with Crippen molar-refractivity contribution in [2.75, 3.05) is 31.5 Å².